The summed E-state index contributed by atoms with van der Waals surface area (Å²) in [4.78, 5) is 0. The Labute approximate surface area is 75.9 Å². The van der Waals surface area contributed by atoms with Crippen molar-refractivity contribution in [2.75, 3.05) is 13.2 Å². The van der Waals surface area contributed by atoms with Gasteiger partial charge in [-0.05, 0) is 19.8 Å². The fourth-order valence-corrected chi connectivity index (χ4v) is 0.844. The lowest BCUT2D eigenvalue weighted by molar-refractivity contribution is -0.0813. The van der Waals surface area contributed by atoms with Crippen LogP contribution < -0.4 is 0 Å². The predicted molar refractivity (Wildman–Crippen MR) is 49.7 cm³/mol. The molecule has 0 aliphatic carbocycles. The molecule has 0 amide bonds. The van der Waals surface area contributed by atoms with Crippen LogP contribution in [-0.4, -0.2) is 18.8 Å². The van der Waals surface area contributed by atoms with Crippen LogP contribution >= 0.6 is 0 Å². The van der Waals surface area contributed by atoms with Crippen LogP contribution in [0.25, 0.3) is 0 Å². The van der Waals surface area contributed by atoms with Gasteiger partial charge in [-0.15, -0.1) is 0 Å². The maximum Gasteiger partial charge on any atom is 0.124 e. The molecule has 0 saturated heterocycles. The van der Waals surface area contributed by atoms with Crippen molar-refractivity contribution < 1.29 is 9.84 Å². The van der Waals surface area contributed by atoms with Crippen LogP contribution in [0.1, 0.15) is 46.5 Å². The molecule has 0 rings (SSSR count). The Hall–Kier alpha value is -0.0800. The smallest absolute Gasteiger partial charge is 0.124 e. The fraction of sp³-hybridized carbons (Fsp3) is 1.00. The SMILES string of the molecule is CCCCCOCC(C)([O])CC. The zero-order valence-corrected chi connectivity index (χ0v) is 8.56. The van der Waals surface area contributed by atoms with E-state index in [2.05, 4.69) is 6.92 Å². The average molecular weight is 173 g/mol. The molecule has 0 spiro atoms. The van der Waals surface area contributed by atoms with E-state index in [0.717, 1.165) is 13.0 Å². The summed E-state index contributed by atoms with van der Waals surface area (Å²) in [5, 5.41) is 11.4. The molecule has 0 aromatic rings. The van der Waals surface area contributed by atoms with Crippen molar-refractivity contribution in [2.24, 2.45) is 0 Å². The molecule has 0 saturated carbocycles. The Bertz CT molecular complexity index is 100. The summed E-state index contributed by atoms with van der Waals surface area (Å²) in [6.07, 6.45) is 4.12. The third-order valence-electron chi connectivity index (χ3n) is 2.05. The Morgan fingerprint density at radius 1 is 1.25 bits per heavy atom. The third kappa shape index (κ3) is 6.62. The quantitative estimate of drug-likeness (QED) is 0.544. The number of rotatable bonds is 7. The third-order valence-corrected chi connectivity index (χ3v) is 2.05. The molecule has 0 N–H and O–H groups in total. The molecule has 73 valence electrons. The number of unbranched alkanes of at least 4 members (excludes halogenated alkanes) is 2. The molecule has 0 fully saturated rings. The monoisotopic (exact) mass is 173 g/mol. The number of hydrogen-bond donors (Lipinski definition) is 0. The van der Waals surface area contributed by atoms with Gasteiger partial charge in [-0.25, -0.2) is 5.11 Å². The number of hydrogen-bond acceptors (Lipinski definition) is 1. The maximum atomic E-state index is 11.4. The van der Waals surface area contributed by atoms with Crippen molar-refractivity contribution in [3.05, 3.63) is 0 Å². The summed E-state index contributed by atoms with van der Waals surface area (Å²) in [5.41, 5.74) is -0.883. The molecule has 1 unspecified atom stereocenters. The highest BCUT2D eigenvalue weighted by molar-refractivity contribution is 4.67. The highest BCUT2D eigenvalue weighted by Crippen LogP contribution is 2.09. The summed E-state index contributed by atoms with van der Waals surface area (Å²) in [5.74, 6) is 0. The summed E-state index contributed by atoms with van der Waals surface area (Å²) >= 11 is 0. The first-order valence-electron chi connectivity index (χ1n) is 4.90. The molecule has 0 aromatic carbocycles. The summed E-state index contributed by atoms with van der Waals surface area (Å²) < 4.78 is 5.28. The Morgan fingerprint density at radius 3 is 2.42 bits per heavy atom. The molecule has 0 aliphatic heterocycles. The van der Waals surface area contributed by atoms with E-state index in [1.165, 1.54) is 12.8 Å². The molecule has 0 bridgehead atoms. The van der Waals surface area contributed by atoms with E-state index < -0.39 is 5.60 Å². The van der Waals surface area contributed by atoms with Gasteiger partial charge < -0.3 is 4.74 Å². The van der Waals surface area contributed by atoms with Crippen molar-refractivity contribution >= 4 is 0 Å². The van der Waals surface area contributed by atoms with Gasteiger partial charge in [0.25, 0.3) is 0 Å². The van der Waals surface area contributed by atoms with Crippen LogP contribution in [0.3, 0.4) is 0 Å². The summed E-state index contributed by atoms with van der Waals surface area (Å²) in [6.45, 7) is 6.86. The van der Waals surface area contributed by atoms with E-state index >= 15 is 0 Å². The first kappa shape index (κ1) is 11.9. The molecular formula is C10H21O2. The van der Waals surface area contributed by atoms with Crippen LogP contribution in [0, 0.1) is 0 Å². The Kier molecular flexibility index (Phi) is 6.39. The van der Waals surface area contributed by atoms with Crippen molar-refractivity contribution in [3.63, 3.8) is 0 Å². The van der Waals surface area contributed by atoms with Crippen molar-refractivity contribution in [1.82, 2.24) is 0 Å². The Balaban J connectivity index is 3.19. The molecule has 1 radical (unpaired) electrons. The largest absolute Gasteiger partial charge is 0.378 e. The van der Waals surface area contributed by atoms with E-state index in [1.807, 2.05) is 6.92 Å². The normalized spacial score (nSPS) is 16.0. The van der Waals surface area contributed by atoms with E-state index in [1.54, 1.807) is 6.92 Å². The van der Waals surface area contributed by atoms with Crippen LogP contribution in [0.2, 0.25) is 0 Å². The van der Waals surface area contributed by atoms with Crippen LogP contribution in [0.4, 0.5) is 0 Å². The van der Waals surface area contributed by atoms with E-state index in [0.29, 0.717) is 13.0 Å². The van der Waals surface area contributed by atoms with Crippen molar-refractivity contribution in [1.29, 1.82) is 0 Å². The number of ether oxygens (including phenoxy) is 1. The molecule has 12 heavy (non-hydrogen) atoms. The van der Waals surface area contributed by atoms with Gasteiger partial charge in [-0.1, -0.05) is 26.7 Å². The van der Waals surface area contributed by atoms with Gasteiger partial charge in [0.05, 0.1) is 6.61 Å². The molecule has 0 aromatic heterocycles. The van der Waals surface area contributed by atoms with Gasteiger partial charge in [-0.2, -0.15) is 0 Å². The lowest BCUT2D eigenvalue weighted by Crippen LogP contribution is -2.28. The second kappa shape index (κ2) is 6.44. The lowest BCUT2D eigenvalue weighted by Gasteiger charge is -2.17. The molecule has 0 heterocycles. The van der Waals surface area contributed by atoms with E-state index in [9.17, 15) is 5.11 Å². The van der Waals surface area contributed by atoms with Crippen molar-refractivity contribution in [2.45, 2.75) is 52.1 Å². The second-order valence-electron chi connectivity index (χ2n) is 3.56. The fourth-order valence-electron chi connectivity index (χ4n) is 0.844. The highest BCUT2D eigenvalue weighted by atomic mass is 16.5. The minimum absolute atomic E-state index is 0.354. The molecule has 0 aliphatic rings. The molecule has 2 nitrogen and oxygen atoms in total. The Morgan fingerprint density at radius 2 is 1.92 bits per heavy atom. The van der Waals surface area contributed by atoms with Gasteiger partial charge in [0.2, 0.25) is 0 Å². The van der Waals surface area contributed by atoms with Gasteiger partial charge in [-0.3, -0.25) is 0 Å². The topological polar surface area (TPSA) is 29.1 Å². The van der Waals surface area contributed by atoms with Gasteiger partial charge in [0.1, 0.15) is 5.60 Å². The first-order chi connectivity index (χ1) is 5.62. The standard InChI is InChI=1S/C10H21O2/c1-4-6-7-8-12-9-10(3,11)5-2/h4-9H2,1-3H3. The van der Waals surface area contributed by atoms with Gasteiger partial charge >= 0.3 is 0 Å². The van der Waals surface area contributed by atoms with Crippen LogP contribution in [0.15, 0.2) is 0 Å². The first-order valence-corrected chi connectivity index (χ1v) is 4.90. The van der Waals surface area contributed by atoms with Gasteiger partial charge in [0.15, 0.2) is 0 Å². The predicted octanol–water partition coefficient (Wildman–Crippen LogP) is 2.79. The maximum absolute atomic E-state index is 11.4. The van der Waals surface area contributed by atoms with Crippen LogP contribution in [0.5, 0.6) is 0 Å². The van der Waals surface area contributed by atoms with Crippen LogP contribution in [-0.2, 0) is 9.84 Å². The minimum atomic E-state index is -0.883. The molecule has 2 heteroatoms. The lowest BCUT2D eigenvalue weighted by atomic mass is 10.1. The van der Waals surface area contributed by atoms with E-state index in [-0.39, 0.29) is 0 Å². The molecule has 1 atom stereocenters. The minimum Gasteiger partial charge on any atom is -0.378 e. The van der Waals surface area contributed by atoms with E-state index in [4.69, 9.17) is 4.74 Å². The van der Waals surface area contributed by atoms with Gasteiger partial charge in [0, 0.05) is 6.61 Å². The summed E-state index contributed by atoms with van der Waals surface area (Å²) in [6, 6.07) is 0. The van der Waals surface area contributed by atoms with Crippen molar-refractivity contribution in [3.8, 4) is 0 Å². The zero-order chi connectivity index (χ0) is 9.45. The second-order valence-corrected chi connectivity index (χ2v) is 3.56. The summed E-state index contributed by atoms with van der Waals surface area (Å²) in [7, 11) is 0. The zero-order valence-electron chi connectivity index (χ0n) is 8.56. The highest BCUT2D eigenvalue weighted by Gasteiger charge is 2.19. The average Bonchev–Trinajstić information content (AvgIpc) is 2.04. The molecular weight excluding hydrogens is 152 g/mol.